The van der Waals surface area contributed by atoms with E-state index in [9.17, 15) is 4.79 Å². The highest BCUT2D eigenvalue weighted by Crippen LogP contribution is 2.48. The molecule has 32 heavy (non-hydrogen) atoms. The van der Waals surface area contributed by atoms with E-state index in [2.05, 4.69) is 5.10 Å². The third-order valence-corrected chi connectivity index (χ3v) is 6.81. The lowest BCUT2D eigenvalue weighted by Crippen LogP contribution is -2.01. The van der Waals surface area contributed by atoms with Gasteiger partial charge in [-0.1, -0.05) is 81.7 Å². The van der Waals surface area contributed by atoms with Gasteiger partial charge in [-0.3, -0.25) is 9.48 Å². The Hall–Kier alpha value is -1.60. The first-order chi connectivity index (χ1) is 15.1. The summed E-state index contributed by atoms with van der Waals surface area (Å²) in [7, 11) is 3.21. The van der Waals surface area contributed by atoms with E-state index < -0.39 is 0 Å². The van der Waals surface area contributed by atoms with E-state index in [0.29, 0.717) is 16.9 Å². The predicted octanol–water partition coefficient (Wildman–Crippen LogP) is 7.82. The van der Waals surface area contributed by atoms with Crippen LogP contribution in [-0.2, 0) is 13.7 Å². The van der Waals surface area contributed by atoms with Crippen LogP contribution in [0.4, 0.5) is 0 Å². The molecular formula is C21H14Cl6N2O3. The molecule has 0 fully saturated rings. The number of rotatable bonds is 7. The zero-order valence-electron chi connectivity index (χ0n) is 16.6. The third-order valence-electron chi connectivity index (χ3n) is 4.29. The number of ether oxygens (including phenoxy) is 2. The fraction of sp³-hybridized carbons (Fsp3) is 0.143. The van der Waals surface area contributed by atoms with Gasteiger partial charge in [0.05, 0.1) is 27.2 Å². The summed E-state index contributed by atoms with van der Waals surface area (Å²) in [5, 5.41) is 4.52. The summed E-state index contributed by atoms with van der Waals surface area (Å²) in [5.74, 6) is 0.323. The van der Waals surface area contributed by atoms with Crippen molar-refractivity contribution in [2.75, 3.05) is 7.11 Å². The number of allylic oxidation sites excluding steroid dienone is 1. The van der Waals surface area contributed by atoms with Gasteiger partial charge in [0, 0.05) is 18.8 Å². The Morgan fingerprint density at radius 3 is 2.22 bits per heavy atom. The van der Waals surface area contributed by atoms with Crippen molar-refractivity contribution in [3.8, 4) is 11.5 Å². The molecule has 0 bridgehead atoms. The molecule has 3 rings (SSSR count). The second-order valence-electron chi connectivity index (χ2n) is 6.46. The van der Waals surface area contributed by atoms with Crippen LogP contribution in [0.25, 0.3) is 6.08 Å². The number of aryl methyl sites for hydroxylation is 1. The number of carbonyl (C=O) groups is 1. The van der Waals surface area contributed by atoms with Gasteiger partial charge in [-0.05, 0) is 23.8 Å². The topological polar surface area (TPSA) is 53.3 Å². The maximum absolute atomic E-state index is 12.4. The molecule has 0 aliphatic carbocycles. The third kappa shape index (κ3) is 5.30. The van der Waals surface area contributed by atoms with Crippen LogP contribution < -0.4 is 9.47 Å². The first-order valence-corrected chi connectivity index (χ1v) is 11.1. The van der Waals surface area contributed by atoms with E-state index >= 15 is 0 Å². The predicted molar refractivity (Wildman–Crippen MR) is 130 cm³/mol. The lowest BCUT2D eigenvalue weighted by molar-refractivity contribution is 0.104. The SMILES string of the molecule is COc1ccc(/C=C/C(=O)c2nn(C)cc2Cl)cc1COc1c(Cl)c(Cl)c(Cl)c(Cl)c1Cl. The van der Waals surface area contributed by atoms with E-state index in [1.165, 1.54) is 17.9 Å². The number of hydrogen-bond donors (Lipinski definition) is 0. The lowest BCUT2D eigenvalue weighted by atomic mass is 10.1. The van der Waals surface area contributed by atoms with Crippen molar-refractivity contribution >= 4 is 81.5 Å². The summed E-state index contributed by atoms with van der Waals surface area (Å²) in [4.78, 5) is 12.4. The van der Waals surface area contributed by atoms with Crippen LogP contribution in [0.1, 0.15) is 21.6 Å². The van der Waals surface area contributed by atoms with Gasteiger partial charge in [0.1, 0.15) is 22.4 Å². The fourth-order valence-electron chi connectivity index (χ4n) is 2.75. The Morgan fingerprint density at radius 1 is 1.03 bits per heavy atom. The Kier molecular flexibility index (Phi) is 8.26. The second-order valence-corrected chi connectivity index (χ2v) is 8.75. The molecular weight excluding hydrogens is 541 g/mol. The zero-order chi connectivity index (χ0) is 23.6. The number of halogens is 6. The molecule has 1 heterocycles. The standard InChI is InChI=1S/C21H14Cl6N2O3/c1-29-8-12(22)20(28-29)13(30)5-3-10-4-6-14(31-2)11(7-10)9-32-21-18(26)16(24)15(23)17(25)19(21)27/h3-8H,9H2,1-2H3/b5-3+. The summed E-state index contributed by atoms with van der Waals surface area (Å²) in [5.41, 5.74) is 1.55. The lowest BCUT2D eigenvalue weighted by Gasteiger charge is -2.15. The van der Waals surface area contributed by atoms with Crippen molar-refractivity contribution in [1.82, 2.24) is 9.78 Å². The maximum atomic E-state index is 12.4. The first kappa shape index (κ1) is 25.0. The van der Waals surface area contributed by atoms with Crippen molar-refractivity contribution in [1.29, 1.82) is 0 Å². The minimum atomic E-state index is -0.326. The summed E-state index contributed by atoms with van der Waals surface area (Å²) in [6.45, 7) is 0.0264. The Balaban J connectivity index is 1.85. The molecule has 0 unspecified atom stereocenters. The summed E-state index contributed by atoms with van der Waals surface area (Å²) < 4.78 is 12.6. The number of aromatic nitrogens is 2. The number of ketones is 1. The Morgan fingerprint density at radius 2 is 1.66 bits per heavy atom. The van der Waals surface area contributed by atoms with E-state index in [1.54, 1.807) is 37.5 Å². The average molecular weight is 555 g/mol. The van der Waals surface area contributed by atoms with E-state index in [0.717, 1.165) is 0 Å². The van der Waals surface area contributed by atoms with Gasteiger partial charge < -0.3 is 9.47 Å². The smallest absolute Gasteiger partial charge is 0.207 e. The summed E-state index contributed by atoms with van der Waals surface area (Å²) >= 11 is 36.7. The van der Waals surface area contributed by atoms with Gasteiger partial charge in [0.15, 0.2) is 11.4 Å². The van der Waals surface area contributed by atoms with Crippen LogP contribution in [-0.4, -0.2) is 22.7 Å². The van der Waals surface area contributed by atoms with Crippen molar-refractivity contribution < 1.29 is 14.3 Å². The largest absolute Gasteiger partial charge is 0.496 e. The van der Waals surface area contributed by atoms with Crippen molar-refractivity contribution in [2.24, 2.45) is 7.05 Å². The molecule has 168 valence electrons. The van der Waals surface area contributed by atoms with Gasteiger partial charge in [-0.25, -0.2) is 0 Å². The molecule has 0 atom stereocenters. The molecule has 1 aromatic heterocycles. The van der Waals surface area contributed by atoms with Crippen molar-refractivity contribution in [3.05, 3.63) is 77.4 Å². The normalized spacial score (nSPS) is 11.2. The van der Waals surface area contributed by atoms with Gasteiger partial charge in [-0.15, -0.1) is 0 Å². The van der Waals surface area contributed by atoms with Crippen molar-refractivity contribution in [3.63, 3.8) is 0 Å². The molecule has 0 N–H and O–H groups in total. The summed E-state index contributed by atoms with van der Waals surface area (Å²) in [6, 6.07) is 5.30. The molecule has 5 nitrogen and oxygen atoms in total. The van der Waals surface area contributed by atoms with Gasteiger partial charge >= 0.3 is 0 Å². The highest BCUT2D eigenvalue weighted by molar-refractivity contribution is 6.55. The Bertz CT molecular complexity index is 1190. The van der Waals surface area contributed by atoms with E-state index in [-0.39, 0.29) is 54.0 Å². The molecule has 0 spiro atoms. The number of benzene rings is 2. The molecule has 0 aliphatic heterocycles. The molecule has 0 saturated carbocycles. The fourth-order valence-corrected chi connectivity index (χ4v) is 4.26. The highest BCUT2D eigenvalue weighted by atomic mass is 35.5. The summed E-state index contributed by atoms with van der Waals surface area (Å²) in [6.07, 6.45) is 4.57. The number of methoxy groups -OCH3 is 1. The molecule has 3 aromatic rings. The molecule has 11 heteroatoms. The van der Waals surface area contributed by atoms with Crippen molar-refractivity contribution in [2.45, 2.75) is 6.61 Å². The average Bonchev–Trinajstić information content (AvgIpc) is 3.12. The Labute approximate surface area is 214 Å². The zero-order valence-corrected chi connectivity index (χ0v) is 21.1. The minimum Gasteiger partial charge on any atom is -0.496 e. The van der Waals surface area contributed by atoms with E-state index in [1.807, 2.05) is 0 Å². The molecule has 2 aromatic carbocycles. The van der Waals surface area contributed by atoms with Crippen LogP contribution >= 0.6 is 69.6 Å². The van der Waals surface area contributed by atoms with Crippen LogP contribution in [0.2, 0.25) is 30.1 Å². The highest BCUT2D eigenvalue weighted by Gasteiger charge is 2.21. The van der Waals surface area contributed by atoms with Crippen LogP contribution in [0.3, 0.4) is 0 Å². The molecule has 0 amide bonds. The second kappa shape index (κ2) is 10.6. The van der Waals surface area contributed by atoms with Crippen LogP contribution in [0.5, 0.6) is 11.5 Å². The van der Waals surface area contributed by atoms with Gasteiger partial charge in [0.2, 0.25) is 5.78 Å². The van der Waals surface area contributed by atoms with Gasteiger partial charge in [0.25, 0.3) is 0 Å². The number of nitrogens with zero attached hydrogens (tertiary/aromatic N) is 2. The number of hydrogen-bond acceptors (Lipinski definition) is 4. The van der Waals surface area contributed by atoms with Crippen LogP contribution in [0.15, 0.2) is 30.5 Å². The van der Waals surface area contributed by atoms with Crippen LogP contribution in [0, 0.1) is 0 Å². The van der Waals surface area contributed by atoms with E-state index in [4.69, 9.17) is 79.1 Å². The van der Waals surface area contributed by atoms with Gasteiger partial charge in [-0.2, -0.15) is 5.10 Å². The molecule has 0 aliphatic rings. The minimum absolute atomic E-state index is 0.0264. The first-order valence-electron chi connectivity index (χ1n) is 8.86. The quantitative estimate of drug-likeness (QED) is 0.129. The molecule has 0 radical (unpaired) electrons. The molecule has 0 saturated heterocycles. The monoisotopic (exact) mass is 552 g/mol. The maximum Gasteiger partial charge on any atom is 0.207 e. The number of carbonyl (C=O) groups excluding carboxylic acids is 1.